The van der Waals surface area contributed by atoms with Crippen LogP contribution in [-0.4, -0.2) is 37.5 Å². The highest BCUT2D eigenvalue weighted by molar-refractivity contribution is 5.78. The molecule has 0 saturated heterocycles. The molecule has 4 heteroatoms. The third-order valence-electron chi connectivity index (χ3n) is 4.08. The molecule has 1 saturated carbocycles. The first-order chi connectivity index (χ1) is 10.1. The van der Waals surface area contributed by atoms with E-state index in [9.17, 15) is 4.79 Å². The third kappa shape index (κ3) is 4.30. The number of hydrogen-bond acceptors (Lipinski definition) is 3. The molecule has 1 amide bonds. The maximum Gasteiger partial charge on any atom is 0.234 e. The van der Waals surface area contributed by atoms with Crippen molar-refractivity contribution in [1.29, 1.82) is 5.26 Å². The second kappa shape index (κ2) is 6.73. The number of hydrogen-bond donors (Lipinski definition) is 1. The molecule has 0 spiro atoms. The average molecular weight is 285 g/mol. The number of nitrogens with zero attached hydrogens (tertiary/aromatic N) is 2. The zero-order chi connectivity index (χ0) is 15.3. The van der Waals surface area contributed by atoms with Crippen molar-refractivity contribution in [2.24, 2.45) is 5.92 Å². The van der Waals surface area contributed by atoms with Gasteiger partial charge in [0.1, 0.15) is 0 Å². The quantitative estimate of drug-likeness (QED) is 0.833. The lowest BCUT2D eigenvalue weighted by atomic mass is 9.96. The number of nitriles is 1. The molecule has 21 heavy (non-hydrogen) atoms. The van der Waals surface area contributed by atoms with Gasteiger partial charge in [0.25, 0.3) is 0 Å². The fourth-order valence-corrected chi connectivity index (χ4v) is 2.65. The molecule has 0 aliphatic heterocycles. The summed E-state index contributed by atoms with van der Waals surface area (Å²) < 4.78 is 0. The smallest absolute Gasteiger partial charge is 0.234 e. The van der Waals surface area contributed by atoms with Crippen LogP contribution in [0.1, 0.15) is 25.3 Å². The SMILES string of the molecule is C[C@H](C#N)CN(C)CC(=O)NCC1(c2ccccc2)CC1. The molecule has 1 aromatic rings. The molecule has 0 aromatic heterocycles. The minimum absolute atomic E-state index is 0.0323. The van der Waals surface area contributed by atoms with Gasteiger partial charge in [0, 0.05) is 18.5 Å². The van der Waals surface area contributed by atoms with E-state index in [1.165, 1.54) is 5.56 Å². The zero-order valence-corrected chi connectivity index (χ0v) is 12.8. The Kier molecular flexibility index (Phi) is 4.98. The molecule has 1 fully saturated rings. The lowest BCUT2D eigenvalue weighted by Crippen LogP contribution is -2.40. The van der Waals surface area contributed by atoms with Crippen molar-refractivity contribution in [2.45, 2.75) is 25.2 Å². The normalized spacial score (nSPS) is 17.0. The van der Waals surface area contributed by atoms with Gasteiger partial charge in [-0.1, -0.05) is 30.3 Å². The fourth-order valence-electron chi connectivity index (χ4n) is 2.65. The molecular formula is C17H23N3O. The molecule has 0 unspecified atom stereocenters. The predicted molar refractivity (Wildman–Crippen MR) is 82.6 cm³/mol. The number of nitrogens with one attached hydrogen (secondary N) is 1. The maximum absolute atomic E-state index is 12.0. The van der Waals surface area contributed by atoms with Gasteiger partial charge < -0.3 is 5.32 Å². The summed E-state index contributed by atoms with van der Waals surface area (Å²) in [5, 5.41) is 11.8. The monoisotopic (exact) mass is 285 g/mol. The summed E-state index contributed by atoms with van der Waals surface area (Å²) in [4.78, 5) is 13.9. The van der Waals surface area contributed by atoms with Crippen LogP contribution in [0.4, 0.5) is 0 Å². The van der Waals surface area contributed by atoms with Crippen molar-refractivity contribution in [2.75, 3.05) is 26.7 Å². The lowest BCUT2D eigenvalue weighted by molar-refractivity contribution is -0.122. The molecule has 112 valence electrons. The average Bonchev–Trinajstić information content (AvgIpc) is 3.27. The van der Waals surface area contributed by atoms with Gasteiger partial charge >= 0.3 is 0 Å². The number of benzene rings is 1. The van der Waals surface area contributed by atoms with Crippen LogP contribution in [0.2, 0.25) is 0 Å². The van der Waals surface area contributed by atoms with E-state index in [1.54, 1.807) is 0 Å². The van der Waals surface area contributed by atoms with Crippen LogP contribution in [0.5, 0.6) is 0 Å². The Morgan fingerprint density at radius 1 is 1.43 bits per heavy atom. The molecule has 4 nitrogen and oxygen atoms in total. The summed E-state index contributed by atoms with van der Waals surface area (Å²) in [6, 6.07) is 12.6. The summed E-state index contributed by atoms with van der Waals surface area (Å²) in [5.74, 6) is -0.0215. The van der Waals surface area contributed by atoms with Crippen molar-refractivity contribution in [3.63, 3.8) is 0 Å². The number of amides is 1. The van der Waals surface area contributed by atoms with E-state index in [1.807, 2.05) is 37.1 Å². The second-order valence-corrected chi connectivity index (χ2v) is 6.15. The predicted octanol–water partition coefficient (Wildman–Crippen LogP) is 1.93. The van der Waals surface area contributed by atoms with E-state index < -0.39 is 0 Å². The maximum atomic E-state index is 12.0. The molecule has 2 rings (SSSR count). The zero-order valence-electron chi connectivity index (χ0n) is 12.8. The van der Waals surface area contributed by atoms with E-state index in [0.717, 1.165) is 12.8 Å². The van der Waals surface area contributed by atoms with E-state index in [2.05, 4.69) is 23.5 Å². The van der Waals surface area contributed by atoms with Crippen LogP contribution in [0.25, 0.3) is 0 Å². The number of rotatable bonds is 7. The first-order valence-corrected chi connectivity index (χ1v) is 7.46. The molecular weight excluding hydrogens is 262 g/mol. The van der Waals surface area contributed by atoms with Crippen LogP contribution in [0.15, 0.2) is 30.3 Å². The highest BCUT2D eigenvalue weighted by atomic mass is 16.2. The minimum Gasteiger partial charge on any atom is -0.354 e. The summed E-state index contributed by atoms with van der Waals surface area (Å²) in [7, 11) is 1.87. The van der Waals surface area contributed by atoms with Gasteiger partial charge in [0.2, 0.25) is 5.91 Å². The van der Waals surface area contributed by atoms with Crippen LogP contribution >= 0.6 is 0 Å². The standard InChI is InChI=1S/C17H23N3O/c1-14(10-18)11-20(2)12-16(21)19-13-17(8-9-17)15-6-4-3-5-7-15/h3-7,14H,8-9,11-13H2,1-2H3,(H,19,21)/t14-/m1/s1. The summed E-state index contributed by atoms with van der Waals surface area (Å²) in [6.45, 7) is 3.53. The largest absolute Gasteiger partial charge is 0.354 e. The minimum atomic E-state index is -0.0538. The van der Waals surface area contributed by atoms with Crippen LogP contribution in [0, 0.1) is 17.2 Å². The lowest BCUT2D eigenvalue weighted by Gasteiger charge is -2.20. The van der Waals surface area contributed by atoms with Crippen LogP contribution in [0.3, 0.4) is 0 Å². The molecule has 0 radical (unpaired) electrons. The van der Waals surface area contributed by atoms with Crippen molar-refractivity contribution in [1.82, 2.24) is 10.2 Å². The van der Waals surface area contributed by atoms with E-state index in [-0.39, 0.29) is 17.2 Å². The van der Waals surface area contributed by atoms with Gasteiger partial charge in [-0.05, 0) is 32.4 Å². The Morgan fingerprint density at radius 2 is 2.10 bits per heavy atom. The number of likely N-dealkylation sites (N-methyl/N-ethyl adjacent to an activating group) is 1. The number of carbonyl (C=O) groups is 1. The van der Waals surface area contributed by atoms with Crippen molar-refractivity contribution >= 4 is 5.91 Å². The number of carbonyl (C=O) groups excluding carboxylic acids is 1. The van der Waals surface area contributed by atoms with Gasteiger partial charge in [0.05, 0.1) is 18.5 Å². The van der Waals surface area contributed by atoms with E-state index >= 15 is 0 Å². The molecule has 1 aliphatic rings. The van der Waals surface area contributed by atoms with Gasteiger partial charge in [-0.25, -0.2) is 0 Å². The van der Waals surface area contributed by atoms with Gasteiger partial charge in [-0.15, -0.1) is 0 Å². The van der Waals surface area contributed by atoms with Crippen molar-refractivity contribution < 1.29 is 4.79 Å². The van der Waals surface area contributed by atoms with Crippen molar-refractivity contribution in [3.8, 4) is 6.07 Å². The first-order valence-electron chi connectivity index (χ1n) is 7.46. The third-order valence-corrected chi connectivity index (χ3v) is 4.08. The molecule has 1 atom stereocenters. The van der Waals surface area contributed by atoms with Gasteiger partial charge in [-0.3, -0.25) is 9.69 Å². The Labute approximate surface area is 126 Å². The Balaban J connectivity index is 1.78. The van der Waals surface area contributed by atoms with E-state index in [0.29, 0.717) is 19.6 Å². The van der Waals surface area contributed by atoms with Gasteiger partial charge in [0.15, 0.2) is 0 Å². The summed E-state index contributed by atoms with van der Waals surface area (Å²) in [6.07, 6.45) is 2.27. The Hall–Kier alpha value is -1.86. The molecule has 1 N–H and O–H groups in total. The van der Waals surface area contributed by atoms with Crippen molar-refractivity contribution in [3.05, 3.63) is 35.9 Å². The highest BCUT2D eigenvalue weighted by Gasteiger charge is 2.44. The fraction of sp³-hybridized carbons (Fsp3) is 0.529. The van der Waals surface area contributed by atoms with Gasteiger partial charge in [-0.2, -0.15) is 5.26 Å². The molecule has 0 bridgehead atoms. The van der Waals surface area contributed by atoms with Crippen LogP contribution < -0.4 is 5.32 Å². The Morgan fingerprint density at radius 3 is 2.67 bits per heavy atom. The molecule has 0 heterocycles. The molecule has 1 aromatic carbocycles. The summed E-state index contributed by atoms with van der Waals surface area (Å²) in [5.41, 5.74) is 1.46. The highest BCUT2D eigenvalue weighted by Crippen LogP contribution is 2.47. The molecule has 1 aliphatic carbocycles. The van der Waals surface area contributed by atoms with E-state index in [4.69, 9.17) is 5.26 Å². The first kappa shape index (κ1) is 15.5. The second-order valence-electron chi connectivity index (χ2n) is 6.15. The van der Waals surface area contributed by atoms with Crippen LogP contribution in [-0.2, 0) is 10.2 Å². The Bertz CT molecular complexity index is 517. The topological polar surface area (TPSA) is 56.1 Å². The summed E-state index contributed by atoms with van der Waals surface area (Å²) >= 11 is 0.